The lowest BCUT2D eigenvalue weighted by molar-refractivity contribution is 0.844. The van der Waals surface area contributed by atoms with E-state index in [4.69, 9.17) is 9.97 Å². The van der Waals surface area contributed by atoms with Crippen molar-refractivity contribution in [3.05, 3.63) is 125 Å². The highest BCUT2D eigenvalue weighted by Gasteiger charge is 2.23. The van der Waals surface area contributed by atoms with E-state index in [2.05, 4.69) is 108 Å². The van der Waals surface area contributed by atoms with Crippen LogP contribution in [-0.4, -0.2) is 14.5 Å². The molecule has 206 valence electrons. The molecule has 2 aliphatic rings. The molecule has 3 aromatic heterocycles. The van der Waals surface area contributed by atoms with Gasteiger partial charge in [0, 0.05) is 47.3 Å². The molecule has 44 heavy (non-hydrogen) atoms. The first-order valence-corrected chi connectivity index (χ1v) is 16.3. The Morgan fingerprint density at radius 1 is 0.523 bits per heavy atom. The van der Waals surface area contributed by atoms with Crippen LogP contribution in [-0.2, 0) is 25.7 Å². The maximum absolute atomic E-state index is 5.38. The minimum Gasteiger partial charge on any atom is -0.277 e. The van der Waals surface area contributed by atoms with Gasteiger partial charge in [0.05, 0.1) is 22.2 Å². The third-order valence-electron chi connectivity index (χ3n) is 10.1. The van der Waals surface area contributed by atoms with Crippen molar-refractivity contribution >= 4 is 75.0 Å². The second-order valence-corrected chi connectivity index (χ2v) is 13.6. The third-order valence-corrected chi connectivity index (χ3v) is 11.3. The normalized spacial score (nSPS) is 14.0. The van der Waals surface area contributed by atoms with E-state index in [0.717, 1.165) is 34.5 Å². The van der Waals surface area contributed by atoms with Gasteiger partial charge in [0.25, 0.3) is 0 Å². The topological polar surface area (TPSA) is 30.7 Å². The van der Waals surface area contributed by atoms with Crippen molar-refractivity contribution in [3.8, 4) is 17.2 Å². The minimum absolute atomic E-state index is 0.723. The molecule has 0 saturated heterocycles. The first kappa shape index (κ1) is 23.4. The Labute approximate surface area is 257 Å². The highest BCUT2D eigenvalue weighted by atomic mass is 32.1. The lowest BCUT2D eigenvalue weighted by atomic mass is 9.86. The number of hydrogen-bond donors (Lipinski definition) is 0. The highest BCUT2D eigenvalue weighted by molar-refractivity contribution is 7.25. The molecule has 11 rings (SSSR count). The van der Waals surface area contributed by atoms with Gasteiger partial charge in [-0.3, -0.25) is 4.57 Å². The van der Waals surface area contributed by atoms with Crippen molar-refractivity contribution in [2.75, 3.05) is 0 Å². The number of para-hydroxylation sites is 1. The second-order valence-electron chi connectivity index (χ2n) is 12.5. The Hall–Kier alpha value is -5.06. The Morgan fingerprint density at radius 3 is 2.07 bits per heavy atom. The molecule has 2 aliphatic carbocycles. The van der Waals surface area contributed by atoms with Gasteiger partial charge in [-0.1, -0.05) is 66.7 Å². The zero-order valence-electron chi connectivity index (χ0n) is 23.9. The molecule has 4 heteroatoms. The quantitative estimate of drug-likeness (QED) is 0.204. The molecule has 0 radical (unpaired) electrons. The summed E-state index contributed by atoms with van der Waals surface area (Å²) in [7, 11) is 0. The van der Waals surface area contributed by atoms with Crippen LogP contribution in [0.5, 0.6) is 0 Å². The predicted octanol–water partition coefficient (Wildman–Crippen LogP) is 10.1. The fourth-order valence-corrected chi connectivity index (χ4v) is 8.84. The molecule has 0 atom stereocenters. The number of aromatic nitrogens is 3. The number of thiophene rings is 1. The van der Waals surface area contributed by atoms with Crippen molar-refractivity contribution < 1.29 is 0 Å². The summed E-state index contributed by atoms with van der Waals surface area (Å²) in [4.78, 5) is 10.7. The molecule has 3 heterocycles. The number of aryl methyl sites for hydroxylation is 4. The monoisotopic (exact) mass is 579 g/mol. The van der Waals surface area contributed by atoms with E-state index in [0.29, 0.717) is 0 Å². The molecule has 0 bridgehead atoms. The van der Waals surface area contributed by atoms with Crippen LogP contribution in [0.15, 0.2) is 103 Å². The van der Waals surface area contributed by atoms with Crippen LogP contribution in [0.25, 0.3) is 80.9 Å². The van der Waals surface area contributed by atoms with Gasteiger partial charge in [-0.05, 0) is 89.7 Å². The lowest BCUT2D eigenvalue weighted by Gasteiger charge is -2.20. The Morgan fingerprint density at radius 2 is 1.23 bits per heavy atom. The Kier molecular flexibility index (Phi) is 4.42. The van der Waals surface area contributed by atoms with Crippen LogP contribution in [0, 0.1) is 0 Å². The van der Waals surface area contributed by atoms with Crippen molar-refractivity contribution in [2.24, 2.45) is 0 Å². The van der Waals surface area contributed by atoms with E-state index < -0.39 is 0 Å². The van der Waals surface area contributed by atoms with Crippen LogP contribution >= 0.6 is 11.3 Å². The summed E-state index contributed by atoms with van der Waals surface area (Å²) < 4.78 is 5.06. The van der Waals surface area contributed by atoms with Gasteiger partial charge >= 0.3 is 0 Å². The van der Waals surface area contributed by atoms with Crippen LogP contribution in [0.2, 0.25) is 0 Å². The summed E-state index contributed by atoms with van der Waals surface area (Å²) in [6.07, 6.45) is 4.73. The van der Waals surface area contributed by atoms with E-state index in [-0.39, 0.29) is 0 Å². The molecule has 0 saturated carbocycles. The maximum atomic E-state index is 5.38. The highest BCUT2D eigenvalue weighted by Crippen LogP contribution is 2.44. The predicted molar refractivity (Wildman–Crippen MR) is 185 cm³/mol. The van der Waals surface area contributed by atoms with Crippen molar-refractivity contribution in [3.63, 3.8) is 0 Å². The van der Waals surface area contributed by atoms with Crippen LogP contribution in [0.1, 0.15) is 22.3 Å². The molecule has 0 spiro atoms. The fourth-order valence-electron chi connectivity index (χ4n) is 7.68. The van der Waals surface area contributed by atoms with Gasteiger partial charge < -0.3 is 0 Å². The van der Waals surface area contributed by atoms with Crippen LogP contribution in [0.4, 0.5) is 0 Å². The summed E-state index contributed by atoms with van der Waals surface area (Å²) in [5, 5.41) is 8.90. The SMILES string of the molecule is c1ccc(-c2nc(-n3c4cc5sc6cc7c(cc6c5cc4c4ccc5cc6c(cc5c43)CC6)CC7)nc3ccccc23)cc1. The van der Waals surface area contributed by atoms with Crippen molar-refractivity contribution in [1.29, 1.82) is 0 Å². The van der Waals surface area contributed by atoms with Gasteiger partial charge in [0.15, 0.2) is 0 Å². The fraction of sp³-hybridized carbons (Fsp3) is 0.100. The minimum atomic E-state index is 0.723. The first-order valence-electron chi connectivity index (χ1n) is 15.5. The number of hydrogen-bond acceptors (Lipinski definition) is 3. The van der Waals surface area contributed by atoms with Gasteiger partial charge in [0.1, 0.15) is 0 Å². The van der Waals surface area contributed by atoms with Gasteiger partial charge in [-0.2, -0.15) is 0 Å². The Bertz CT molecular complexity index is 2710. The summed E-state index contributed by atoms with van der Waals surface area (Å²) in [6.45, 7) is 0. The second kappa shape index (κ2) is 8.31. The first-order chi connectivity index (χ1) is 21.8. The van der Waals surface area contributed by atoms with E-state index in [1.54, 1.807) is 0 Å². The molecule has 9 aromatic rings. The average Bonchev–Trinajstić information content (AvgIpc) is 3.55. The maximum Gasteiger partial charge on any atom is 0.235 e. The summed E-state index contributed by atoms with van der Waals surface area (Å²) >= 11 is 1.91. The Balaban J connectivity index is 1.32. The number of rotatable bonds is 2. The molecule has 0 unspecified atom stereocenters. The number of nitrogens with zero attached hydrogens (tertiary/aromatic N) is 3. The van der Waals surface area contributed by atoms with E-state index in [1.807, 2.05) is 11.3 Å². The zero-order chi connectivity index (χ0) is 28.5. The molecule has 0 fully saturated rings. The van der Waals surface area contributed by atoms with Crippen LogP contribution < -0.4 is 0 Å². The van der Waals surface area contributed by atoms with Crippen molar-refractivity contribution in [2.45, 2.75) is 25.7 Å². The van der Waals surface area contributed by atoms with Gasteiger partial charge in [-0.15, -0.1) is 11.3 Å². The van der Waals surface area contributed by atoms with Crippen LogP contribution in [0.3, 0.4) is 0 Å². The summed E-state index contributed by atoms with van der Waals surface area (Å²) in [5.74, 6) is 0.723. The average molecular weight is 580 g/mol. The molecule has 3 nitrogen and oxygen atoms in total. The molecular weight excluding hydrogens is 555 g/mol. The lowest BCUT2D eigenvalue weighted by Crippen LogP contribution is -2.08. The third kappa shape index (κ3) is 3.06. The van der Waals surface area contributed by atoms with E-state index in [9.17, 15) is 0 Å². The largest absolute Gasteiger partial charge is 0.277 e. The molecule has 0 N–H and O–H groups in total. The summed E-state index contributed by atoms with van der Waals surface area (Å²) in [5.41, 5.74) is 11.4. The van der Waals surface area contributed by atoms with Gasteiger partial charge in [-0.25, -0.2) is 9.97 Å². The molecule has 6 aromatic carbocycles. The zero-order valence-corrected chi connectivity index (χ0v) is 24.7. The molecule has 0 aliphatic heterocycles. The van der Waals surface area contributed by atoms with Crippen molar-refractivity contribution in [1.82, 2.24) is 14.5 Å². The number of fused-ring (bicyclic) bond motifs is 11. The molecule has 0 amide bonds. The smallest absolute Gasteiger partial charge is 0.235 e. The van der Waals surface area contributed by atoms with Gasteiger partial charge in [0.2, 0.25) is 5.95 Å². The summed E-state index contributed by atoms with van der Waals surface area (Å²) in [6, 6.07) is 38.1. The van der Waals surface area contributed by atoms with E-state index >= 15 is 0 Å². The standard InChI is InChI=1S/C40H25N3S/c1-2-6-22(7-3-1)38-29-8-4-5-9-34(29)41-40(42-38)43-35-21-37-33(32-18-25-12-13-26(25)19-36(32)44-37)20-31(35)28-15-14-27-16-23-10-11-24(23)17-30(27)39(28)43/h1-9,14-21H,10-13H2. The number of benzene rings is 6. The molecular formula is C40H25N3S. The van der Waals surface area contributed by atoms with E-state index in [1.165, 1.54) is 94.3 Å².